The van der Waals surface area contributed by atoms with E-state index in [2.05, 4.69) is 0 Å². The van der Waals surface area contributed by atoms with Crippen LogP contribution >= 0.6 is 0 Å². The predicted octanol–water partition coefficient (Wildman–Crippen LogP) is -2.78. The molecule has 4 heavy (non-hydrogen) atoms. The summed E-state index contributed by atoms with van der Waals surface area (Å²) in [5.74, 6) is 0. The van der Waals surface area contributed by atoms with Gasteiger partial charge in [-0.15, -0.1) is 0 Å². The van der Waals surface area contributed by atoms with Crippen LogP contribution in [0.5, 0.6) is 0 Å². The van der Waals surface area contributed by atoms with E-state index in [4.69, 9.17) is 3.80 Å². The fourth-order valence-corrected chi connectivity index (χ4v) is 0. The summed E-state index contributed by atoms with van der Waals surface area (Å²) < 4.78 is 8.28. The van der Waals surface area contributed by atoms with Crippen LogP contribution in [0.2, 0.25) is 0 Å². The molecule has 0 aromatic rings. The Morgan fingerprint density at radius 1 is 1.25 bits per heavy atom. The molecule has 0 aromatic carbocycles. The van der Waals surface area contributed by atoms with Crippen molar-refractivity contribution in [1.82, 2.24) is 0 Å². The molecule has 0 aliphatic heterocycles. The van der Waals surface area contributed by atoms with Crippen LogP contribution in [0.1, 0.15) is 0 Å². The van der Waals surface area contributed by atoms with Crippen LogP contribution < -0.4 is 0 Å². The molecule has 0 saturated carbocycles. The molecule has 0 bridgehead atoms. The summed E-state index contributed by atoms with van der Waals surface area (Å²) in [4.78, 5) is 0. The molecule has 4 heteroatoms. The Labute approximate surface area is 43.3 Å². The van der Waals surface area contributed by atoms with Crippen molar-refractivity contribution in [3.05, 3.63) is 0 Å². The Balaban J connectivity index is -0.00000000500. The van der Waals surface area contributed by atoms with Gasteiger partial charge in [-0.25, -0.2) is 0 Å². The van der Waals surface area contributed by atoms with Crippen LogP contribution in [-0.4, -0.2) is 39.1 Å². The average molecular weight is 92.0 g/mol. The van der Waals surface area contributed by atoms with E-state index < -0.39 is 0 Å². The van der Waals surface area contributed by atoms with Gasteiger partial charge in [-0.3, -0.25) is 0 Å². The summed E-state index contributed by atoms with van der Waals surface area (Å²) in [7, 11) is 0. The molecule has 0 spiro atoms. The standard InChI is InChI=1S/2Al.H2O.O.4H/h;;1H2;;;;;. The van der Waals surface area contributed by atoms with E-state index in [0.29, 0.717) is 16.2 Å². The molecule has 0 radical (unpaired) electrons. The molecule has 0 aromatic heterocycles. The van der Waals surface area contributed by atoms with Gasteiger partial charge in [0.25, 0.3) is 0 Å². The molecule has 0 aliphatic rings. The Morgan fingerprint density at radius 3 is 1.25 bits per heavy atom. The van der Waals surface area contributed by atoms with Gasteiger partial charge in [0.1, 0.15) is 0 Å². The molecule has 2 nitrogen and oxygen atoms in total. The van der Waals surface area contributed by atoms with Gasteiger partial charge in [0.05, 0.1) is 0 Å². The van der Waals surface area contributed by atoms with Gasteiger partial charge in [-0.2, -0.15) is 0 Å². The SMILES string of the molecule is O.[AlH3].[O]=[AlH]. The number of hydrogen-bond acceptors (Lipinski definition) is 1. The Hall–Kier alpha value is 0.825. The van der Waals surface area contributed by atoms with Gasteiger partial charge < -0.3 is 5.48 Å². The fourth-order valence-electron chi connectivity index (χ4n) is 0. The van der Waals surface area contributed by atoms with Crippen LogP contribution in [0.3, 0.4) is 0 Å². The second-order valence-electron chi connectivity index (χ2n) is 0. The zero-order valence-electron chi connectivity index (χ0n) is 1.62. The Morgan fingerprint density at radius 2 is 1.25 bits per heavy atom. The molecule has 0 heterocycles. The van der Waals surface area contributed by atoms with Crippen molar-refractivity contribution in [2.45, 2.75) is 0 Å². The van der Waals surface area contributed by atoms with Gasteiger partial charge in [-0.1, -0.05) is 0 Å². The normalized spacial score (nSPS) is 0.750. The molecule has 0 saturated heterocycles. The van der Waals surface area contributed by atoms with E-state index >= 15 is 0 Å². The first-order valence-electron chi connectivity index (χ1n) is 0.289. The molecule has 2 N–H and O–H groups in total. The minimum atomic E-state index is 0. The zero-order valence-corrected chi connectivity index (χ0v) is 3.03. The van der Waals surface area contributed by atoms with Crippen LogP contribution in [-0.2, 0) is 3.80 Å². The van der Waals surface area contributed by atoms with Gasteiger partial charge in [0.2, 0.25) is 0 Å². The van der Waals surface area contributed by atoms with Crippen molar-refractivity contribution in [2.24, 2.45) is 0 Å². The van der Waals surface area contributed by atoms with Crippen molar-refractivity contribution in [3.8, 4) is 0 Å². The van der Waals surface area contributed by atoms with E-state index in [0.717, 1.165) is 0 Å². The van der Waals surface area contributed by atoms with Crippen molar-refractivity contribution >= 4 is 33.6 Å². The molecule has 0 aliphatic carbocycles. The second-order valence-corrected chi connectivity index (χ2v) is 0. The van der Waals surface area contributed by atoms with Crippen LogP contribution in [0.4, 0.5) is 0 Å². The molecular formula is H6Al2O2. The van der Waals surface area contributed by atoms with Crippen molar-refractivity contribution in [2.75, 3.05) is 0 Å². The molecule has 0 fully saturated rings. The molecule has 24 valence electrons. The molecular weight excluding hydrogens is 86.0 g/mol. The van der Waals surface area contributed by atoms with Crippen molar-refractivity contribution in [1.29, 1.82) is 0 Å². The first kappa shape index (κ1) is 21.2. The summed E-state index contributed by atoms with van der Waals surface area (Å²) in [5, 5.41) is 0. The summed E-state index contributed by atoms with van der Waals surface area (Å²) in [6.07, 6.45) is 0. The van der Waals surface area contributed by atoms with Crippen molar-refractivity contribution in [3.63, 3.8) is 0 Å². The van der Waals surface area contributed by atoms with E-state index in [1.54, 1.807) is 0 Å². The maximum absolute atomic E-state index is 8.28. The molecule has 0 rings (SSSR count). The topological polar surface area (TPSA) is 48.6 Å². The number of hydrogen-bond donors (Lipinski definition) is 0. The van der Waals surface area contributed by atoms with E-state index in [1.807, 2.05) is 0 Å². The second kappa shape index (κ2) is 44.9. The monoisotopic (exact) mass is 92.0 g/mol. The van der Waals surface area contributed by atoms with Crippen LogP contribution in [0, 0.1) is 0 Å². The van der Waals surface area contributed by atoms with Crippen molar-refractivity contribution < 1.29 is 9.28 Å². The third-order valence-electron chi connectivity index (χ3n) is 0. The third-order valence-corrected chi connectivity index (χ3v) is 0. The molecule has 0 amide bonds. The Bertz CT molecular complexity index is 4.00. The first-order chi connectivity index (χ1) is 1.00. The summed E-state index contributed by atoms with van der Waals surface area (Å²) in [6, 6.07) is 0. The van der Waals surface area contributed by atoms with Gasteiger partial charge >= 0.3 is 20.0 Å². The third kappa shape index (κ3) is 13.8. The Kier molecular flexibility index (Phi) is 238. The van der Waals surface area contributed by atoms with Gasteiger partial charge in [0, 0.05) is 0 Å². The number of rotatable bonds is 0. The van der Waals surface area contributed by atoms with Crippen LogP contribution in [0.15, 0.2) is 0 Å². The fraction of sp³-hybridized carbons (Fsp3) is 0. The molecule has 0 unspecified atom stereocenters. The minimum absolute atomic E-state index is 0. The quantitative estimate of drug-likeness (QED) is 0.298. The van der Waals surface area contributed by atoms with Gasteiger partial charge in [0.15, 0.2) is 17.4 Å². The predicted molar refractivity (Wildman–Crippen MR) is 21.4 cm³/mol. The first-order valence-corrected chi connectivity index (χ1v) is 0.866. The van der Waals surface area contributed by atoms with E-state index in [9.17, 15) is 0 Å². The summed E-state index contributed by atoms with van der Waals surface area (Å²) in [5.41, 5.74) is 0. The van der Waals surface area contributed by atoms with Gasteiger partial charge in [-0.05, 0) is 0 Å². The van der Waals surface area contributed by atoms with Crippen LogP contribution in [0.25, 0.3) is 0 Å². The zero-order chi connectivity index (χ0) is 2.00. The summed E-state index contributed by atoms with van der Waals surface area (Å²) >= 11 is 0.611. The summed E-state index contributed by atoms with van der Waals surface area (Å²) in [6.45, 7) is 0. The maximum atomic E-state index is 8.28. The average Bonchev–Trinajstić information content (AvgIpc) is 1.00. The van der Waals surface area contributed by atoms with E-state index in [-0.39, 0.29) is 22.8 Å². The molecule has 0 atom stereocenters. The van der Waals surface area contributed by atoms with E-state index in [1.165, 1.54) is 0 Å².